The second-order valence-electron chi connectivity index (χ2n) is 4.84. The number of carboxylic acids is 1. The minimum absolute atomic E-state index is 0.0163. The number of benzene rings is 1. The number of rotatable bonds is 4. The zero-order valence-electron chi connectivity index (χ0n) is 12.0. The summed E-state index contributed by atoms with van der Waals surface area (Å²) in [6, 6.07) is 4.19. The van der Waals surface area contributed by atoms with Gasteiger partial charge in [0.05, 0.1) is 10.6 Å². The second-order valence-corrected chi connectivity index (χ2v) is 5.24. The van der Waals surface area contributed by atoms with E-state index in [2.05, 4.69) is 15.4 Å². The van der Waals surface area contributed by atoms with E-state index < -0.39 is 11.8 Å². The van der Waals surface area contributed by atoms with Crippen molar-refractivity contribution in [2.45, 2.75) is 13.3 Å². The van der Waals surface area contributed by atoms with Crippen molar-refractivity contribution in [1.82, 2.24) is 14.6 Å². The fraction of sp³-hybridized carbons (Fsp3) is 0.133. The highest BCUT2D eigenvalue weighted by molar-refractivity contribution is 6.31. The van der Waals surface area contributed by atoms with Gasteiger partial charge in [-0.3, -0.25) is 0 Å². The Bertz CT molecular complexity index is 910. The molecule has 1 aromatic carbocycles. The third-order valence-electron chi connectivity index (χ3n) is 3.44. The smallest absolute Gasteiger partial charge is 0.337 e. The molecule has 3 aromatic rings. The van der Waals surface area contributed by atoms with Crippen LogP contribution in [0.2, 0.25) is 5.02 Å². The molecule has 0 atom stereocenters. The summed E-state index contributed by atoms with van der Waals surface area (Å²) in [5.74, 6) is -1.12. The van der Waals surface area contributed by atoms with Crippen LogP contribution in [-0.2, 0) is 6.42 Å². The molecule has 2 N–H and O–H groups in total. The van der Waals surface area contributed by atoms with E-state index in [4.69, 9.17) is 11.6 Å². The summed E-state index contributed by atoms with van der Waals surface area (Å²) in [5, 5.41) is 16.4. The number of nitrogens with zero attached hydrogens (tertiary/aromatic N) is 3. The molecule has 8 heteroatoms. The van der Waals surface area contributed by atoms with Crippen LogP contribution in [0.4, 0.5) is 15.9 Å². The van der Waals surface area contributed by atoms with Gasteiger partial charge in [-0.1, -0.05) is 18.5 Å². The highest BCUT2D eigenvalue weighted by Crippen LogP contribution is 2.28. The lowest BCUT2D eigenvalue weighted by Crippen LogP contribution is -2.01. The molecule has 2 aromatic heterocycles. The van der Waals surface area contributed by atoms with Gasteiger partial charge >= 0.3 is 5.97 Å². The van der Waals surface area contributed by atoms with Crippen molar-refractivity contribution in [3.05, 3.63) is 52.7 Å². The fourth-order valence-corrected chi connectivity index (χ4v) is 2.60. The number of hydrogen-bond donors (Lipinski definition) is 2. The monoisotopic (exact) mass is 334 g/mol. The van der Waals surface area contributed by atoms with Gasteiger partial charge in [-0.2, -0.15) is 5.10 Å². The molecule has 23 heavy (non-hydrogen) atoms. The summed E-state index contributed by atoms with van der Waals surface area (Å²) in [6.45, 7) is 1.85. The number of carboxylic acid groups (broad SMARTS) is 1. The minimum Gasteiger partial charge on any atom is -0.478 e. The van der Waals surface area contributed by atoms with Crippen molar-refractivity contribution in [1.29, 1.82) is 0 Å². The van der Waals surface area contributed by atoms with Gasteiger partial charge < -0.3 is 10.4 Å². The lowest BCUT2D eigenvalue weighted by Gasteiger charge is -2.09. The van der Waals surface area contributed by atoms with E-state index in [0.29, 0.717) is 29.0 Å². The molecular weight excluding hydrogens is 323 g/mol. The van der Waals surface area contributed by atoms with E-state index in [1.165, 1.54) is 35.2 Å². The zero-order valence-corrected chi connectivity index (χ0v) is 12.8. The molecule has 2 heterocycles. The van der Waals surface area contributed by atoms with Gasteiger partial charge in [0.25, 0.3) is 0 Å². The minimum atomic E-state index is -1.02. The Morgan fingerprint density at radius 1 is 1.48 bits per heavy atom. The molecule has 0 aliphatic carbocycles. The first-order chi connectivity index (χ1) is 11.0. The summed E-state index contributed by atoms with van der Waals surface area (Å²) in [4.78, 5) is 15.5. The number of nitrogens with one attached hydrogen (secondary N) is 1. The Morgan fingerprint density at radius 2 is 2.26 bits per heavy atom. The lowest BCUT2D eigenvalue weighted by atomic mass is 10.1. The van der Waals surface area contributed by atoms with Crippen molar-refractivity contribution >= 4 is 34.6 Å². The van der Waals surface area contributed by atoms with Crippen molar-refractivity contribution in [3.8, 4) is 0 Å². The van der Waals surface area contributed by atoms with Crippen LogP contribution in [0.25, 0.3) is 5.52 Å². The topological polar surface area (TPSA) is 79.5 Å². The van der Waals surface area contributed by atoms with Crippen molar-refractivity contribution in [2.75, 3.05) is 5.32 Å². The van der Waals surface area contributed by atoms with E-state index in [0.717, 1.165) is 0 Å². The fourth-order valence-electron chi connectivity index (χ4n) is 2.42. The van der Waals surface area contributed by atoms with Crippen LogP contribution in [0.5, 0.6) is 0 Å². The molecule has 0 aliphatic heterocycles. The Hall–Kier alpha value is -2.67. The third-order valence-corrected chi connectivity index (χ3v) is 3.73. The number of hydrogen-bond acceptors (Lipinski definition) is 4. The third kappa shape index (κ3) is 2.70. The number of aryl methyl sites for hydroxylation is 1. The molecule has 0 amide bonds. The molecular formula is C15H12ClFN4O2. The Morgan fingerprint density at radius 3 is 2.91 bits per heavy atom. The van der Waals surface area contributed by atoms with Gasteiger partial charge in [-0.25, -0.2) is 18.7 Å². The molecule has 118 valence electrons. The second kappa shape index (κ2) is 5.85. The summed E-state index contributed by atoms with van der Waals surface area (Å²) in [7, 11) is 0. The van der Waals surface area contributed by atoms with E-state index in [-0.39, 0.29) is 10.6 Å². The van der Waals surface area contributed by atoms with E-state index in [1.54, 1.807) is 0 Å². The zero-order chi connectivity index (χ0) is 16.6. The van der Waals surface area contributed by atoms with E-state index in [9.17, 15) is 14.3 Å². The largest absolute Gasteiger partial charge is 0.478 e. The molecule has 0 radical (unpaired) electrons. The summed E-state index contributed by atoms with van der Waals surface area (Å²) in [5.41, 5.74) is 1.90. The molecule has 0 bridgehead atoms. The summed E-state index contributed by atoms with van der Waals surface area (Å²) < 4.78 is 14.7. The Kier molecular flexibility index (Phi) is 3.87. The molecule has 3 rings (SSSR count). The number of anilines is 2. The van der Waals surface area contributed by atoms with Crippen LogP contribution in [0.15, 0.2) is 30.7 Å². The number of aromatic nitrogens is 3. The van der Waals surface area contributed by atoms with Crippen LogP contribution in [-0.4, -0.2) is 25.7 Å². The quantitative estimate of drug-likeness (QED) is 0.763. The number of halogens is 2. The molecule has 0 aliphatic rings. The van der Waals surface area contributed by atoms with Gasteiger partial charge in [0.2, 0.25) is 0 Å². The number of aromatic carboxylic acids is 1. The molecule has 0 saturated heterocycles. The average Bonchev–Trinajstić information content (AvgIpc) is 2.91. The predicted molar refractivity (Wildman–Crippen MR) is 84.0 cm³/mol. The lowest BCUT2D eigenvalue weighted by molar-refractivity contribution is 0.0696. The normalized spacial score (nSPS) is 10.9. The maximum absolute atomic E-state index is 13.2. The molecule has 0 unspecified atom stereocenters. The SMILES string of the molecule is CCc1c(C(=O)O)cn2ncnc(Nc3ccc(F)c(Cl)c3)c12. The summed E-state index contributed by atoms with van der Waals surface area (Å²) >= 11 is 5.77. The Balaban J connectivity index is 2.13. The van der Waals surface area contributed by atoms with Crippen LogP contribution < -0.4 is 5.32 Å². The van der Waals surface area contributed by atoms with Crippen molar-refractivity contribution < 1.29 is 14.3 Å². The van der Waals surface area contributed by atoms with Crippen LogP contribution in [0, 0.1) is 5.82 Å². The van der Waals surface area contributed by atoms with Crippen LogP contribution >= 0.6 is 11.6 Å². The van der Waals surface area contributed by atoms with Crippen LogP contribution in [0.1, 0.15) is 22.8 Å². The molecule has 6 nitrogen and oxygen atoms in total. The van der Waals surface area contributed by atoms with Gasteiger partial charge in [0.15, 0.2) is 5.82 Å². The average molecular weight is 335 g/mol. The number of fused-ring (bicyclic) bond motifs is 1. The molecule has 0 spiro atoms. The number of carbonyl (C=O) groups is 1. The van der Waals surface area contributed by atoms with E-state index in [1.807, 2.05) is 6.92 Å². The highest BCUT2D eigenvalue weighted by atomic mass is 35.5. The van der Waals surface area contributed by atoms with Gasteiger partial charge in [0, 0.05) is 11.9 Å². The van der Waals surface area contributed by atoms with Gasteiger partial charge in [-0.15, -0.1) is 0 Å². The van der Waals surface area contributed by atoms with Crippen LogP contribution in [0.3, 0.4) is 0 Å². The van der Waals surface area contributed by atoms with Crippen molar-refractivity contribution in [3.63, 3.8) is 0 Å². The van der Waals surface area contributed by atoms with Gasteiger partial charge in [-0.05, 0) is 30.2 Å². The first-order valence-electron chi connectivity index (χ1n) is 6.81. The Labute approximate surface area is 135 Å². The van der Waals surface area contributed by atoms with Gasteiger partial charge in [0.1, 0.15) is 17.7 Å². The standard InChI is InChI=1S/C15H12ClFN4O2/c1-2-9-10(15(22)23)6-21-13(9)14(18-7-19-21)20-8-3-4-12(17)11(16)5-8/h3-7H,2H2,1H3,(H,22,23)(H,18,19,20). The molecule has 0 saturated carbocycles. The highest BCUT2D eigenvalue weighted by Gasteiger charge is 2.19. The predicted octanol–water partition coefficient (Wildman–Crippen LogP) is 3.53. The first-order valence-corrected chi connectivity index (χ1v) is 7.19. The van der Waals surface area contributed by atoms with E-state index >= 15 is 0 Å². The first kappa shape index (κ1) is 15.2. The maximum Gasteiger partial charge on any atom is 0.337 e. The maximum atomic E-state index is 13.2. The molecule has 0 fully saturated rings. The summed E-state index contributed by atoms with van der Waals surface area (Å²) in [6.07, 6.45) is 3.26. The van der Waals surface area contributed by atoms with Crippen molar-refractivity contribution in [2.24, 2.45) is 0 Å².